The summed E-state index contributed by atoms with van der Waals surface area (Å²) < 4.78 is 5.00. The quantitative estimate of drug-likeness (QED) is 0.687. The summed E-state index contributed by atoms with van der Waals surface area (Å²) in [7, 11) is 0. The number of phenols is 1. The molecule has 104 valence electrons. The topological polar surface area (TPSA) is 87.0 Å². The maximum atomic E-state index is 11.5. The van der Waals surface area contributed by atoms with E-state index in [9.17, 15) is 20.1 Å². The van der Waals surface area contributed by atoms with Crippen molar-refractivity contribution in [2.45, 2.75) is 25.4 Å². The van der Waals surface area contributed by atoms with E-state index in [0.717, 1.165) is 18.4 Å². The summed E-state index contributed by atoms with van der Waals surface area (Å²) in [5.74, 6) is -0.563. The summed E-state index contributed by atoms with van der Waals surface area (Å²) in [6.45, 7) is 0.797. The first-order valence-electron chi connectivity index (χ1n) is 6.26. The van der Waals surface area contributed by atoms with Gasteiger partial charge in [0.2, 0.25) is 0 Å². The van der Waals surface area contributed by atoms with E-state index in [4.69, 9.17) is 4.74 Å². The molecule has 3 N–H and O–H groups in total. The molecule has 0 saturated heterocycles. The van der Waals surface area contributed by atoms with E-state index in [1.807, 2.05) is 0 Å². The molecule has 0 amide bonds. The molecule has 5 heteroatoms. The molecular formula is C14H18O5. The number of benzene rings is 1. The monoisotopic (exact) mass is 266 g/mol. The van der Waals surface area contributed by atoms with Crippen LogP contribution in [-0.4, -0.2) is 34.5 Å². The maximum Gasteiger partial charge on any atom is 0.309 e. The summed E-state index contributed by atoms with van der Waals surface area (Å²) in [6, 6.07) is 4.71. The molecule has 1 aliphatic carbocycles. The second kappa shape index (κ2) is 5.19. The minimum atomic E-state index is -1.78. The van der Waals surface area contributed by atoms with Crippen LogP contribution in [0.25, 0.3) is 0 Å². The molecule has 5 nitrogen and oxygen atoms in total. The van der Waals surface area contributed by atoms with E-state index in [1.54, 1.807) is 13.0 Å². The molecule has 2 rings (SSSR count). The van der Waals surface area contributed by atoms with Crippen LogP contribution in [0.4, 0.5) is 0 Å². The first kappa shape index (κ1) is 13.8. The zero-order valence-corrected chi connectivity index (χ0v) is 10.8. The average molecular weight is 266 g/mol. The van der Waals surface area contributed by atoms with Crippen LogP contribution in [-0.2, 0) is 15.1 Å². The van der Waals surface area contributed by atoms with Gasteiger partial charge in [-0.1, -0.05) is 12.1 Å². The van der Waals surface area contributed by atoms with Gasteiger partial charge in [0.25, 0.3) is 0 Å². The van der Waals surface area contributed by atoms with Crippen LogP contribution in [0, 0.1) is 12.8 Å². The molecule has 0 heterocycles. The highest BCUT2D eigenvalue weighted by Crippen LogP contribution is 2.33. The van der Waals surface area contributed by atoms with Gasteiger partial charge < -0.3 is 20.1 Å². The highest BCUT2D eigenvalue weighted by molar-refractivity contribution is 5.75. The standard InChI is InChI=1S/C14H18O5/c1-9-2-5-11(12(16)6-9)14(18,7-15)8-19-13(17)10-3-4-10/h2,5-6,10,15-16,18H,3-4,7-8H2,1H3. The van der Waals surface area contributed by atoms with Crippen molar-refractivity contribution < 1.29 is 24.9 Å². The number of carbonyl (C=O) groups is 1. The fourth-order valence-electron chi connectivity index (χ4n) is 1.87. The number of rotatable bonds is 5. The normalized spacial score (nSPS) is 17.8. The number of aromatic hydroxyl groups is 1. The second-order valence-corrected chi connectivity index (χ2v) is 5.09. The van der Waals surface area contributed by atoms with Gasteiger partial charge >= 0.3 is 5.97 Å². The predicted molar refractivity (Wildman–Crippen MR) is 67.5 cm³/mol. The smallest absolute Gasteiger partial charge is 0.309 e. The van der Waals surface area contributed by atoms with E-state index in [0.29, 0.717) is 0 Å². The molecule has 1 aliphatic rings. The Morgan fingerprint density at radius 2 is 2.16 bits per heavy atom. The van der Waals surface area contributed by atoms with E-state index < -0.39 is 12.2 Å². The van der Waals surface area contributed by atoms with Gasteiger partial charge in [0.05, 0.1) is 12.5 Å². The van der Waals surface area contributed by atoms with Crippen LogP contribution in [0.2, 0.25) is 0 Å². The van der Waals surface area contributed by atoms with E-state index in [-0.39, 0.29) is 29.8 Å². The molecular weight excluding hydrogens is 248 g/mol. The largest absolute Gasteiger partial charge is 0.508 e. The van der Waals surface area contributed by atoms with E-state index in [2.05, 4.69) is 0 Å². The molecule has 1 fully saturated rings. The number of aliphatic hydroxyl groups excluding tert-OH is 1. The summed E-state index contributed by atoms with van der Waals surface area (Å²) in [6.07, 6.45) is 1.62. The third kappa shape index (κ3) is 3.05. The fourth-order valence-corrected chi connectivity index (χ4v) is 1.87. The Bertz CT molecular complexity index is 481. The van der Waals surface area contributed by atoms with Crippen molar-refractivity contribution in [1.29, 1.82) is 0 Å². The first-order chi connectivity index (χ1) is 8.96. The molecule has 1 saturated carbocycles. The molecule has 0 aliphatic heterocycles. The number of hydrogen-bond donors (Lipinski definition) is 3. The van der Waals surface area contributed by atoms with Crippen LogP contribution in [0.5, 0.6) is 5.75 Å². The molecule has 0 aromatic heterocycles. The zero-order chi connectivity index (χ0) is 14.0. The van der Waals surface area contributed by atoms with Crippen molar-refractivity contribution in [3.8, 4) is 5.75 Å². The Morgan fingerprint density at radius 1 is 1.47 bits per heavy atom. The lowest BCUT2D eigenvalue weighted by atomic mass is 9.93. The summed E-state index contributed by atoms with van der Waals surface area (Å²) in [5.41, 5.74) is -0.789. The number of aryl methyl sites for hydroxylation is 1. The molecule has 1 unspecified atom stereocenters. The molecule has 0 spiro atoms. The zero-order valence-electron chi connectivity index (χ0n) is 10.8. The highest BCUT2D eigenvalue weighted by atomic mass is 16.5. The Morgan fingerprint density at radius 3 is 2.68 bits per heavy atom. The van der Waals surface area contributed by atoms with Gasteiger partial charge in [-0.15, -0.1) is 0 Å². The third-order valence-corrected chi connectivity index (χ3v) is 3.28. The molecule has 1 aromatic rings. The average Bonchev–Trinajstić information content (AvgIpc) is 3.19. The molecule has 0 bridgehead atoms. The van der Waals surface area contributed by atoms with Crippen LogP contribution < -0.4 is 0 Å². The number of phenolic OH excluding ortho intramolecular Hbond substituents is 1. The summed E-state index contributed by atoms with van der Waals surface area (Å²) in [4.78, 5) is 11.5. The van der Waals surface area contributed by atoms with Gasteiger partial charge in [-0.25, -0.2) is 0 Å². The van der Waals surface area contributed by atoms with Crippen molar-refractivity contribution in [1.82, 2.24) is 0 Å². The van der Waals surface area contributed by atoms with Crippen molar-refractivity contribution in [2.24, 2.45) is 5.92 Å². The lowest BCUT2D eigenvalue weighted by Crippen LogP contribution is -2.37. The van der Waals surface area contributed by atoms with E-state index >= 15 is 0 Å². The van der Waals surface area contributed by atoms with Crippen molar-refractivity contribution in [3.05, 3.63) is 29.3 Å². The molecule has 1 atom stereocenters. The highest BCUT2D eigenvalue weighted by Gasteiger charge is 2.36. The van der Waals surface area contributed by atoms with E-state index in [1.165, 1.54) is 12.1 Å². The Kier molecular flexibility index (Phi) is 3.78. The van der Waals surface area contributed by atoms with Crippen LogP contribution >= 0.6 is 0 Å². The van der Waals surface area contributed by atoms with Crippen molar-refractivity contribution >= 4 is 5.97 Å². The number of esters is 1. The Labute approximate surface area is 111 Å². The number of carbonyl (C=O) groups excluding carboxylic acids is 1. The lowest BCUT2D eigenvalue weighted by Gasteiger charge is -2.26. The Hall–Kier alpha value is -1.59. The van der Waals surface area contributed by atoms with Gasteiger partial charge in [-0.3, -0.25) is 4.79 Å². The maximum absolute atomic E-state index is 11.5. The fraction of sp³-hybridized carbons (Fsp3) is 0.500. The molecule has 19 heavy (non-hydrogen) atoms. The summed E-state index contributed by atoms with van der Waals surface area (Å²) in [5, 5.41) is 29.5. The minimum absolute atomic E-state index is 0.0745. The number of hydrogen-bond acceptors (Lipinski definition) is 5. The van der Waals surface area contributed by atoms with Crippen LogP contribution in [0.3, 0.4) is 0 Å². The molecule has 0 radical (unpaired) electrons. The van der Waals surface area contributed by atoms with Gasteiger partial charge in [0.15, 0.2) is 0 Å². The second-order valence-electron chi connectivity index (χ2n) is 5.09. The number of aliphatic hydroxyl groups is 2. The lowest BCUT2D eigenvalue weighted by molar-refractivity contribution is -0.156. The minimum Gasteiger partial charge on any atom is -0.508 e. The van der Waals surface area contributed by atoms with Crippen LogP contribution in [0.1, 0.15) is 24.0 Å². The predicted octanol–water partition coefficient (Wildman–Crippen LogP) is 0.834. The molecule has 1 aromatic carbocycles. The van der Waals surface area contributed by atoms with Gasteiger partial charge in [0, 0.05) is 5.56 Å². The number of ether oxygens (including phenoxy) is 1. The SMILES string of the molecule is Cc1ccc(C(O)(CO)COC(=O)C2CC2)c(O)c1. The van der Waals surface area contributed by atoms with Crippen LogP contribution in [0.15, 0.2) is 18.2 Å². The summed E-state index contributed by atoms with van der Waals surface area (Å²) >= 11 is 0. The van der Waals surface area contributed by atoms with Gasteiger partial charge in [-0.2, -0.15) is 0 Å². The van der Waals surface area contributed by atoms with Crippen molar-refractivity contribution in [2.75, 3.05) is 13.2 Å². The third-order valence-electron chi connectivity index (χ3n) is 3.28. The van der Waals surface area contributed by atoms with Gasteiger partial charge in [0.1, 0.15) is 18.0 Å². The Balaban J connectivity index is 2.13. The van der Waals surface area contributed by atoms with Crippen molar-refractivity contribution in [3.63, 3.8) is 0 Å². The van der Waals surface area contributed by atoms with Gasteiger partial charge in [-0.05, 0) is 31.4 Å². The first-order valence-corrected chi connectivity index (χ1v) is 6.26.